The van der Waals surface area contributed by atoms with Crippen LogP contribution in [0, 0.1) is 0 Å². The van der Waals surface area contributed by atoms with Crippen molar-refractivity contribution in [2.75, 3.05) is 7.11 Å². The van der Waals surface area contributed by atoms with E-state index in [1.807, 2.05) is 24.3 Å². The number of hydrogen-bond donors (Lipinski definition) is 1. The van der Waals surface area contributed by atoms with Crippen LogP contribution >= 0.6 is 11.8 Å². The van der Waals surface area contributed by atoms with Crippen LogP contribution in [0.25, 0.3) is 10.8 Å². The summed E-state index contributed by atoms with van der Waals surface area (Å²) in [6, 6.07) is 22.8. The smallest absolute Gasteiger partial charge is 0.168 e. The summed E-state index contributed by atoms with van der Waals surface area (Å²) >= 11 is 1.69. The molecular weight excluding hydrogens is 368 g/mol. The quantitative estimate of drug-likeness (QED) is 0.457. The van der Waals surface area contributed by atoms with Gasteiger partial charge in [0.25, 0.3) is 0 Å². The van der Waals surface area contributed by atoms with Gasteiger partial charge in [0.1, 0.15) is 5.75 Å². The molecule has 142 valence electrons. The molecule has 0 bridgehead atoms. The molecule has 0 spiro atoms. The highest BCUT2D eigenvalue weighted by Gasteiger charge is 2.12. The van der Waals surface area contributed by atoms with Crippen molar-refractivity contribution in [1.82, 2.24) is 9.55 Å². The van der Waals surface area contributed by atoms with Gasteiger partial charge < -0.3 is 14.4 Å². The van der Waals surface area contributed by atoms with Gasteiger partial charge in [-0.2, -0.15) is 0 Å². The zero-order valence-corrected chi connectivity index (χ0v) is 16.5. The molecular formula is C23H22N2O2S. The summed E-state index contributed by atoms with van der Waals surface area (Å²) in [5.41, 5.74) is 3.24. The van der Waals surface area contributed by atoms with Gasteiger partial charge in [0, 0.05) is 12.3 Å². The first-order valence-corrected chi connectivity index (χ1v) is 10.1. The molecule has 28 heavy (non-hydrogen) atoms. The van der Waals surface area contributed by atoms with Crippen molar-refractivity contribution >= 4 is 22.5 Å². The molecule has 4 rings (SSSR count). The Labute approximate surface area is 168 Å². The molecule has 0 aliphatic heterocycles. The maximum atomic E-state index is 9.73. The molecule has 0 unspecified atom stereocenters. The lowest BCUT2D eigenvalue weighted by Gasteiger charge is -2.12. The van der Waals surface area contributed by atoms with Gasteiger partial charge in [0.15, 0.2) is 5.16 Å². The molecule has 0 saturated carbocycles. The van der Waals surface area contributed by atoms with Crippen molar-refractivity contribution in [3.63, 3.8) is 0 Å². The van der Waals surface area contributed by atoms with Crippen molar-refractivity contribution in [3.05, 3.63) is 89.7 Å². The minimum atomic E-state index is -0.0298. The highest BCUT2D eigenvalue weighted by atomic mass is 32.2. The number of aromatic nitrogens is 2. The largest absolute Gasteiger partial charge is 0.497 e. The molecule has 0 aliphatic carbocycles. The molecule has 1 heterocycles. The van der Waals surface area contributed by atoms with Gasteiger partial charge in [-0.15, -0.1) is 0 Å². The average Bonchev–Trinajstić information content (AvgIpc) is 3.14. The maximum Gasteiger partial charge on any atom is 0.168 e. The average molecular weight is 391 g/mol. The Morgan fingerprint density at radius 2 is 1.79 bits per heavy atom. The fraction of sp³-hybridized carbons (Fsp3) is 0.174. The molecule has 3 aromatic carbocycles. The highest BCUT2D eigenvalue weighted by Crippen LogP contribution is 2.28. The summed E-state index contributed by atoms with van der Waals surface area (Å²) in [4.78, 5) is 4.55. The molecule has 0 atom stereocenters. The van der Waals surface area contributed by atoms with Crippen molar-refractivity contribution in [2.45, 2.75) is 24.1 Å². The van der Waals surface area contributed by atoms with Gasteiger partial charge in [0.05, 0.1) is 25.6 Å². The number of rotatable bonds is 7. The first-order valence-electron chi connectivity index (χ1n) is 9.16. The van der Waals surface area contributed by atoms with Crippen molar-refractivity contribution in [1.29, 1.82) is 0 Å². The van der Waals surface area contributed by atoms with E-state index in [0.29, 0.717) is 6.54 Å². The number of imidazole rings is 1. The van der Waals surface area contributed by atoms with Crippen LogP contribution in [0.2, 0.25) is 0 Å². The predicted octanol–water partition coefficient (Wildman–Crippen LogP) is 4.88. The molecule has 1 aromatic heterocycles. The highest BCUT2D eigenvalue weighted by molar-refractivity contribution is 7.98. The van der Waals surface area contributed by atoms with Crippen LogP contribution < -0.4 is 4.74 Å². The molecule has 0 amide bonds. The van der Waals surface area contributed by atoms with Crippen molar-refractivity contribution < 1.29 is 9.84 Å². The third-order valence-electron chi connectivity index (χ3n) is 4.80. The van der Waals surface area contributed by atoms with Gasteiger partial charge in [-0.05, 0) is 34.0 Å². The molecule has 4 nitrogen and oxygen atoms in total. The van der Waals surface area contributed by atoms with Crippen LogP contribution in [0.5, 0.6) is 5.75 Å². The lowest BCUT2D eigenvalue weighted by molar-refractivity contribution is 0.270. The second kappa shape index (κ2) is 8.50. The maximum absolute atomic E-state index is 9.73. The van der Waals surface area contributed by atoms with Crippen molar-refractivity contribution in [2.24, 2.45) is 0 Å². The summed E-state index contributed by atoms with van der Waals surface area (Å²) in [7, 11) is 1.66. The van der Waals surface area contributed by atoms with Crippen molar-refractivity contribution in [3.8, 4) is 5.75 Å². The summed E-state index contributed by atoms with van der Waals surface area (Å²) in [5.74, 6) is 1.66. The van der Waals surface area contributed by atoms with Gasteiger partial charge >= 0.3 is 0 Å². The number of methoxy groups -OCH3 is 1. The standard InChI is InChI=1S/C23H22N2O2S/c1-27-21-11-9-17(10-12-21)14-25-20(15-26)13-24-23(25)28-16-19-7-4-6-18-5-2-3-8-22(18)19/h2-13,26H,14-16H2,1H3. The molecule has 5 heteroatoms. The summed E-state index contributed by atoms with van der Waals surface area (Å²) < 4.78 is 7.31. The number of aliphatic hydroxyl groups excluding tert-OH is 1. The lowest BCUT2D eigenvalue weighted by atomic mass is 10.1. The Hall–Kier alpha value is -2.76. The van der Waals surface area contributed by atoms with Gasteiger partial charge in [-0.3, -0.25) is 0 Å². The Morgan fingerprint density at radius 1 is 1.00 bits per heavy atom. The van der Waals surface area contributed by atoms with Crippen LogP contribution in [0.3, 0.4) is 0 Å². The minimum Gasteiger partial charge on any atom is -0.497 e. The van der Waals surface area contributed by atoms with Crippen LogP contribution in [0.1, 0.15) is 16.8 Å². The van der Waals surface area contributed by atoms with Gasteiger partial charge in [0.2, 0.25) is 0 Å². The number of fused-ring (bicyclic) bond motifs is 1. The molecule has 4 aromatic rings. The third-order valence-corrected chi connectivity index (χ3v) is 5.84. The summed E-state index contributed by atoms with van der Waals surface area (Å²) in [6.07, 6.45) is 1.76. The zero-order valence-electron chi connectivity index (χ0n) is 15.7. The monoisotopic (exact) mass is 390 g/mol. The molecule has 0 fully saturated rings. The van der Waals surface area contributed by atoms with E-state index in [9.17, 15) is 5.11 Å². The Bertz CT molecular complexity index is 1070. The Balaban J connectivity index is 1.57. The van der Waals surface area contributed by atoms with E-state index in [-0.39, 0.29) is 6.61 Å². The summed E-state index contributed by atoms with van der Waals surface area (Å²) in [6.45, 7) is 0.635. The van der Waals surface area contributed by atoms with Gasteiger partial charge in [-0.25, -0.2) is 4.98 Å². The van der Waals surface area contributed by atoms with Crippen LogP contribution in [-0.4, -0.2) is 21.8 Å². The number of thioether (sulfide) groups is 1. The zero-order chi connectivity index (χ0) is 19.3. The number of benzene rings is 3. The van der Waals surface area contributed by atoms with E-state index in [0.717, 1.165) is 27.9 Å². The molecule has 0 aliphatic rings. The second-order valence-corrected chi connectivity index (χ2v) is 7.49. The van der Waals surface area contributed by atoms with E-state index >= 15 is 0 Å². The first-order chi connectivity index (χ1) is 13.8. The fourth-order valence-corrected chi connectivity index (χ4v) is 4.28. The Kier molecular flexibility index (Phi) is 5.65. The normalized spacial score (nSPS) is 11.1. The SMILES string of the molecule is COc1ccc(Cn2c(CO)cnc2SCc2cccc3ccccc23)cc1. The molecule has 0 radical (unpaired) electrons. The lowest BCUT2D eigenvalue weighted by Crippen LogP contribution is -2.06. The Morgan fingerprint density at radius 3 is 2.57 bits per heavy atom. The van der Waals surface area contributed by atoms with E-state index in [1.165, 1.54) is 16.3 Å². The molecule has 1 N–H and O–H groups in total. The summed E-state index contributed by atoms with van der Waals surface area (Å²) in [5, 5.41) is 13.2. The number of aliphatic hydroxyl groups is 1. The number of hydrogen-bond acceptors (Lipinski definition) is 4. The fourth-order valence-electron chi connectivity index (χ4n) is 3.28. The topological polar surface area (TPSA) is 47.3 Å². The molecule has 0 saturated heterocycles. The first kappa shape index (κ1) is 18.6. The second-order valence-electron chi connectivity index (χ2n) is 6.55. The third kappa shape index (κ3) is 3.91. The van der Waals surface area contributed by atoms with E-state index in [2.05, 4.69) is 52.0 Å². The van der Waals surface area contributed by atoms with Crippen LogP contribution in [0.15, 0.2) is 78.1 Å². The van der Waals surface area contributed by atoms with E-state index < -0.39 is 0 Å². The predicted molar refractivity (Wildman–Crippen MR) is 114 cm³/mol. The van der Waals surface area contributed by atoms with E-state index in [4.69, 9.17) is 4.74 Å². The van der Waals surface area contributed by atoms with Crippen LogP contribution in [-0.2, 0) is 18.9 Å². The number of nitrogens with zero attached hydrogens (tertiary/aromatic N) is 2. The van der Waals surface area contributed by atoms with Gasteiger partial charge in [-0.1, -0.05) is 66.4 Å². The van der Waals surface area contributed by atoms with E-state index in [1.54, 1.807) is 25.1 Å². The number of ether oxygens (including phenoxy) is 1. The minimum absolute atomic E-state index is 0.0298. The van der Waals surface area contributed by atoms with Crippen LogP contribution in [0.4, 0.5) is 0 Å².